The molecule has 1 rings (SSSR count). The highest BCUT2D eigenvalue weighted by atomic mass is 127. The number of carbonyl (C=O) groups excluding carboxylic acids is 1. The molecule has 90 valence electrons. The third-order valence-corrected chi connectivity index (χ3v) is 2.85. The summed E-state index contributed by atoms with van der Waals surface area (Å²) in [5.74, 6) is 1.53. The summed E-state index contributed by atoms with van der Waals surface area (Å²) in [7, 11) is 4.16. The van der Waals surface area contributed by atoms with E-state index in [9.17, 15) is 9.18 Å². The molecule has 0 spiro atoms. The molecule has 6 heteroatoms. The molecule has 0 saturated heterocycles. The van der Waals surface area contributed by atoms with Crippen molar-refractivity contribution < 1.29 is 13.9 Å². The molecule has 0 bridgehead atoms. The SMILES string of the molecule is CNc1cc(C#CSI)c(F)cc1C(=O)OC. The van der Waals surface area contributed by atoms with Gasteiger partial charge in [-0.05, 0) is 26.3 Å². The summed E-state index contributed by atoms with van der Waals surface area (Å²) in [6, 6.07) is 2.61. The molecular weight excluding hydrogens is 356 g/mol. The third kappa shape index (κ3) is 3.51. The Hall–Kier alpha value is -0.940. The van der Waals surface area contributed by atoms with Crippen LogP contribution in [0.2, 0.25) is 0 Å². The van der Waals surface area contributed by atoms with Crippen LogP contribution in [0, 0.1) is 17.0 Å². The van der Waals surface area contributed by atoms with Crippen LogP contribution < -0.4 is 5.32 Å². The van der Waals surface area contributed by atoms with Crippen molar-refractivity contribution in [3.8, 4) is 11.2 Å². The molecule has 0 fully saturated rings. The molecule has 1 aromatic carbocycles. The van der Waals surface area contributed by atoms with Crippen molar-refractivity contribution in [3.63, 3.8) is 0 Å². The monoisotopic (exact) mass is 365 g/mol. The summed E-state index contributed by atoms with van der Waals surface area (Å²) in [6.45, 7) is 0. The van der Waals surface area contributed by atoms with Crippen molar-refractivity contribution >= 4 is 41.8 Å². The average Bonchev–Trinajstić information content (AvgIpc) is 2.36. The Morgan fingerprint density at radius 1 is 1.59 bits per heavy atom. The fourth-order valence-corrected chi connectivity index (χ4v) is 1.71. The molecule has 3 nitrogen and oxygen atoms in total. The summed E-state index contributed by atoms with van der Waals surface area (Å²) < 4.78 is 18.2. The molecule has 1 aromatic rings. The van der Waals surface area contributed by atoms with E-state index in [0.29, 0.717) is 5.69 Å². The molecule has 0 heterocycles. The Kier molecular flexibility index (Phi) is 5.58. The van der Waals surface area contributed by atoms with Crippen molar-refractivity contribution in [3.05, 3.63) is 29.1 Å². The van der Waals surface area contributed by atoms with Crippen molar-refractivity contribution in [2.45, 2.75) is 0 Å². The van der Waals surface area contributed by atoms with Crippen molar-refractivity contribution in [2.24, 2.45) is 0 Å². The van der Waals surface area contributed by atoms with E-state index >= 15 is 0 Å². The number of carbonyl (C=O) groups is 1. The van der Waals surface area contributed by atoms with E-state index in [-0.39, 0.29) is 11.1 Å². The van der Waals surface area contributed by atoms with Crippen LogP contribution in [0.5, 0.6) is 0 Å². The normalized spacial score (nSPS) is 9.18. The second-order valence-corrected chi connectivity index (χ2v) is 4.60. The zero-order valence-corrected chi connectivity index (χ0v) is 12.1. The number of hydrogen-bond donors (Lipinski definition) is 1. The molecule has 0 amide bonds. The number of anilines is 1. The first-order chi connectivity index (χ1) is 8.13. The lowest BCUT2D eigenvalue weighted by molar-refractivity contribution is 0.0601. The maximum absolute atomic E-state index is 13.6. The van der Waals surface area contributed by atoms with Gasteiger partial charge in [-0.1, -0.05) is 5.92 Å². The second-order valence-electron chi connectivity index (χ2n) is 2.92. The predicted molar refractivity (Wildman–Crippen MR) is 75.8 cm³/mol. The van der Waals surface area contributed by atoms with Gasteiger partial charge in [0.2, 0.25) is 0 Å². The minimum Gasteiger partial charge on any atom is -0.465 e. The minimum atomic E-state index is -0.587. The van der Waals surface area contributed by atoms with Crippen LogP contribution in [0.3, 0.4) is 0 Å². The number of methoxy groups -OCH3 is 1. The highest BCUT2D eigenvalue weighted by Gasteiger charge is 2.14. The highest BCUT2D eigenvalue weighted by molar-refractivity contribution is 14.2. The Morgan fingerprint density at radius 3 is 2.82 bits per heavy atom. The van der Waals surface area contributed by atoms with E-state index in [4.69, 9.17) is 0 Å². The van der Waals surface area contributed by atoms with Crippen LogP contribution in [0.1, 0.15) is 15.9 Å². The molecule has 0 aliphatic rings. The van der Waals surface area contributed by atoms with Gasteiger partial charge < -0.3 is 10.1 Å². The van der Waals surface area contributed by atoms with Crippen LogP contribution in [0.15, 0.2) is 12.1 Å². The fourth-order valence-electron chi connectivity index (χ4n) is 1.23. The zero-order valence-electron chi connectivity index (χ0n) is 9.14. The van der Waals surface area contributed by atoms with E-state index in [2.05, 4.69) is 21.2 Å². The largest absolute Gasteiger partial charge is 0.465 e. The van der Waals surface area contributed by atoms with Gasteiger partial charge in [0.1, 0.15) is 5.82 Å². The predicted octanol–water partition coefficient (Wildman–Crippen LogP) is 3.05. The van der Waals surface area contributed by atoms with Gasteiger partial charge >= 0.3 is 5.97 Å². The standard InChI is InChI=1S/C11H9FINO2S/c1-14-10-5-7(3-4-17-13)9(12)6-8(10)11(15)16-2/h5-6,14H,1-2H3. The van der Waals surface area contributed by atoms with E-state index in [1.807, 2.05) is 21.2 Å². The summed E-state index contributed by atoms with van der Waals surface area (Å²) in [6.07, 6.45) is 0. The third-order valence-electron chi connectivity index (χ3n) is 2.01. The molecule has 0 saturated carbocycles. The molecule has 0 aliphatic carbocycles. The van der Waals surface area contributed by atoms with E-state index in [0.717, 1.165) is 6.07 Å². The van der Waals surface area contributed by atoms with Gasteiger partial charge in [-0.3, -0.25) is 0 Å². The van der Waals surface area contributed by atoms with Crippen LogP contribution in [-0.2, 0) is 4.74 Å². The number of esters is 1. The quantitative estimate of drug-likeness (QED) is 0.497. The molecule has 1 N–H and O–H groups in total. The maximum atomic E-state index is 13.6. The molecule has 0 aliphatic heterocycles. The Morgan fingerprint density at radius 2 is 2.29 bits per heavy atom. The van der Waals surface area contributed by atoms with Gasteiger partial charge in [-0.15, -0.1) is 0 Å². The van der Waals surface area contributed by atoms with Crippen LogP contribution >= 0.6 is 30.1 Å². The second kappa shape index (κ2) is 6.71. The minimum absolute atomic E-state index is 0.153. The highest BCUT2D eigenvalue weighted by Crippen LogP contribution is 2.21. The molecular formula is C11H9FINO2S. The number of rotatable bonds is 2. The Bertz CT molecular complexity index is 496. The number of benzene rings is 1. The number of ether oxygens (including phenoxy) is 1. The summed E-state index contributed by atoms with van der Waals surface area (Å²) in [5, 5.41) is 5.50. The van der Waals surface area contributed by atoms with Gasteiger partial charge in [-0.2, -0.15) is 0 Å². The first-order valence-corrected chi connectivity index (χ1v) is 7.88. The van der Waals surface area contributed by atoms with Crippen molar-refractivity contribution in [2.75, 3.05) is 19.5 Å². The molecule has 17 heavy (non-hydrogen) atoms. The summed E-state index contributed by atoms with van der Waals surface area (Å²) in [4.78, 5) is 11.4. The van der Waals surface area contributed by atoms with Crippen LogP contribution in [-0.4, -0.2) is 20.1 Å². The maximum Gasteiger partial charge on any atom is 0.340 e. The van der Waals surface area contributed by atoms with Crippen LogP contribution in [0.4, 0.5) is 10.1 Å². The van der Waals surface area contributed by atoms with Gasteiger partial charge in [-0.25, -0.2) is 9.18 Å². The topological polar surface area (TPSA) is 38.3 Å². The first-order valence-electron chi connectivity index (χ1n) is 4.52. The number of halogens is 2. The Balaban J connectivity index is 3.29. The molecule has 0 radical (unpaired) electrons. The lowest BCUT2D eigenvalue weighted by Crippen LogP contribution is -2.07. The lowest BCUT2D eigenvalue weighted by atomic mass is 10.1. The van der Waals surface area contributed by atoms with Crippen molar-refractivity contribution in [1.82, 2.24) is 0 Å². The number of hydrogen-bond acceptors (Lipinski definition) is 4. The van der Waals surface area contributed by atoms with E-state index in [1.165, 1.54) is 22.1 Å². The lowest BCUT2D eigenvalue weighted by Gasteiger charge is -2.08. The molecule has 0 aromatic heterocycles. The van der Waals surface area contributed by atoms with Gasteiger partial charge in [0, 0.05) is 33.9 Å². The van der Waals surface area contributed by atoms with Gasteiger partial charge in [0.05, 0.1) is 18.2 Å². The van der Waals surface area contributed by atoms with Gasteiger partial charge in [0.15, 0.2) is 0 Å². The Labute approximate surface area is 115 Å². The number of nitrogens with one attached hydrogen (secondary N) is 1. The van der Waals surface area contributed by atoms with Crippen molar-refractivity contribution in [1.29, 1.82) is 0 Å². The first kappa shape index (κ1) is 14.1. The summed E-state index contributed by atoms with van der Waals surface area (Å²) >= 11 is 2.00. The fraction of sp³-hybridized carbons (Fsp3) is 0.182. The molecule has 0 atom stereocenters. The van der Waals surface area contributed by atoms with E-state index in [1.54, 1.807) is 7.05 Å². The smallest absolute Gasteiger partial charge is 0.340 e. The molecule has 0 unspecified atom stereocenters. The summed E-state index contributed by atoms with van der Waals surface area (Å²) in [5.41, 5.74) is 0.882. The zero-order chi connectivity index (χ0) is 12.8. The van der Waals surface area contributed by atoms with Gasteiger partial charge in [0.25, 0.3) is 0 Å². The average molecular weight is 365 g/mol. The van der Waals surface area contributed by atoms with E-state index < -0.39 is 11.8 Å². The van der Waals surface area contributed by atoms with Crippen LogP contribution in [0.25, 0.3) is 0 Å².